The highest BCUT2D eigenvalue weighted by Crippen LogP contribution is 2.30. The van der Waals surface area contributed by atoms with E-state index in [-0.39, 0.29) is 34.4 Å². The van der Waals surface area contributed by atoms with Crippen LogP contribution in [0.25, 0.3) is 0 Å². The van der Waals surface area contributed by atoms with E-state index in [1.807, 2.05) is 5.43 Å². The van der Waals surface area contributed by atoms with Gasteiger partial charge < -0.3 is 5.32 Å². The fourth-order valence-corrected chi connectivity index (χ4v) is 2.94. The molecule has 0 radical (unpaired) electrons. The van der Waals surface area contributed by atoms with Crippen molar-refractivity contribution in [3.63, 3.8) is 0 Å². The molecule has 11 heteroatoms. The summed E-state index contributed by atoms with van der Waals surface area (Å²) in [7, 11) is 0. The summed E-state index contributed by atoms with van der Waals surface area (Å²) >= 11 is 5.94. The molecule has 152 valence electrons. The molecule has 28 heavy (non-hydrogen) atoms. The fraction of sp³-hybridized carbons (Fsp3) is 0.353. The fourth-order valence-electron chi connectivity index (χ4n) is 2.66. The molecular formula is C17H19ClF3N5O2. The summed E-state index contributed by atoms with van der Waals surface area (Å²) in [6, 6.07) is 3.31. The minimum Gasteiger partial charge on any atom is -0.325 e. The molecule has 7 nitrogen and oxygen atoms in total. The normalized spacial score (nSPS) is 11.6. The zero-order valence-corrected chi connectivity index (χ0v) is 16.1. The maximum atomic E-state index is 13.0. The van der Waals surface area contributed by atoms with Crippen LogP contribution in [0, 0.1) is 6.92 Å². The van der Waals surface area contributed by atoms with Gasteiger partial charge in [0.25, 0.3) is 5.91 Å². The highest BCUT2D eigenvalue weighted by molar-refractivity contribution is 6.31. The maximum Gasteiger partial charge on any atom is 0.435 e. The van der Waals surface area contributed by atoms with Crippen LogP contribution in [0.2, 0.25) is 5.02 Å². The molecule has 4 N–H and O–H groups in total. The third-order valence-electron chi connectivity index (χ3n) is 3.87. The number of aryl methyl sites for hydroxylation is 1. The van der Waals surface area contributed by atoms with Gasteiger partial charge in [0, 0.05) is 16.8 Å². The second-order valence-electron chi connectivity index (χ2n) is 6.40. The Morgan fingerprint density at radius 1 is 1.29 bits per heavy atom. The smallest absolute Gasteiger partial charge is 0.325 e. The quantitative estimate of drug-likeness (QED) is 0.395. The monoisotopic (exact) mass is 417 g/mol. The highest BCUT2D eigenvalue weighted by Gasteiger charge is 2.35. The molecule has 0 saturated heterocycles. The number of amides is 2. The number of benzene rings is 1. The third kappa shape index (κ3) is 4.82. The van der Waals surface area contributed by atoms with E-state index in [2.05, 4.69) is 10.4 Å². The first-order chi connectivity index (χ1) is 12.9. The van der Waals surface area contributed by atoms with Crippen LogP contribution in [-0.4, -0.2) is 21.6 Å². The Balaban J connectivity index is 2.33. The molecule has 2 rings (SSSR count). The van der Waals surface area contributed by atoms with Crippen molar-refractivity contribution in [1.82, 2.24) is 15.2 Å². The van der Waals surface area contributed by atoms with Crippen LogP contribution < -0.4 is 16.6 Å². The number of alkyl halides is 3. The van der Waals surface area contributed by atoms with Crippen molar-refractivity contribution in [2.75, 3.05) is 5.32 Å². The minimum atomic E-state index is -4.62. The number of aromatic nitrogens is 2. The first kappa shape index (κ1) is 21.7. The predicted molar refractivity (Wildman–Crippen MR) is 97.8 cm³/mol. The van der Waals surface area contributed by atoms with Gasteiger partial charge in [0.15, 0.2) is 5.69 Å². The number of nitrogens with zero attached hydrogens (tertiary/aromatic N) is 2. The van der Waals surface area contributed by atoms with Crippen LogP contribution >= 0.6 is 11.6 Å². The van der Waals surface area contributed by atoms with E-state index in [1.165, 1.54) is 12.1 Å². The van der Waals surface area contributed by atoms with Crippen LogP contribution in [0.3, 0.4) is 0 Å². The number of halogens is 4. The lowest BCUT2D eigenvalue weighted by molar-refractivity contribution is -0.141. The average Bonchev–Trinajstić information content (AvgIpc) is 3.00. The zero-order chi connectivity index (χ0) is 21.2. The number of carbonyl (C=O) groups is 2. The molecule has 0 bridgehead atoms. The second kappa shape index (κ2) is 8.19. The standard InChI is InChI=1S/C17H19ClF3N5O2/c1-8(2)26-11(6-13(25-26)17(19,20)21)7-14(27)23-15-9(3)4-10(18)5-12(15)16(28)24-22/h4-6,8H,7,22H2,1-3H3,(H,23,27)(H,24,28). The Hall–Kier alpha value is -2.59. The average molecular weight is 418 g/mol. The van der Waals surface area contributed by atoms with Crippen LogP contribution in [0.4, 0.5) is 18.9 Å². The Kier molecular flexibility index (Phi) is 6.35. The van der Waals surface area contributed by atoms with Gasteiger partial charge in [-0.15, -0.1) is 0 Å². The molecule has 0 unspecified atom stereocenters. The molecule has 0 spiro atoms. The SMILES string of the molecule is Cc1cc(Cl)cc(C(=O)NN)c1NC(=O)Cc1cc(C(F)(F)F)nn1C(C)C. The van der Waals surface area contributed by atoms with Gasteiger partial charge in [-0.05, 0) is 44.5 Å². The first-order valence-corrected chi connectivity index (χ1v) is 8.58. The van der Waals surface area contributed by atoms with Crippen molar-refractivity contribution >= 4 is 29.1 Å². The topological polar surface area (TPSA) is 102 Å². The molecule has 0 aliphatic carbocycles. The molecular weight excluding hydrogens is 399 g/mol. The molecule has 1 aromatic heterocycles. The van der Waals surface area contributed by atoms with E-state index >= 15 is 0 Å². The number of nitrogens with two attached hydrogens (primary N) is 1. The molecule has 0 aliphatic heterocycles. The van der Waals surface area contributed by atoms with E-state index in [1.54, 1.807) is 20.8 Å². The lowest BCUT2D eigenvalue weighted by atomic mass is 10.1. The highest BCUT2D eigenvalue weighted by atomic mass is 35.5. The van der Waals surface area contributed by atoms with Gasteiger partial charge in [-0.2, -0.15) is 18.3 Å². The number of nitrogen functional groups attached to an aromatic ring is 1. The van der Waals surface area contributed by atoms with E-state index in [4.69, 9.17) is 17.4 Å². The van der Waals surface area contributed by atoms with Crippen LogP contribution in [0.5, 0.6) is 0 Å². The third-order valence-corrected chi connectivity index (χ3v) is 4.09. The van der Waals surface area contributed by atoms with Gasteiger partial charge in [0.1, 0.15) is 0 Å². The van der Waals surface area contributed by atoms with Crippen LogP contribution in [0.1, 0.15) is 47.2 Å². The second-order valence-corrected chi connectivity index (χ2v) is 6.84. The van der Waals surface area contributed by atoms with Gasteiger partial charge in [0.05, 0.1) is 17.7 Å². The van der Waals surface area contributed by atoms with E-state index in [0.717, 1.165) is 10.7 Å². The van der Waals surface area contributed by atoms with Crippen molar-refractivity contribution in [2.45, 2.75) is 39.4 Å². The van der Waals surface area contributed by atoms with Gasteiger partial charge in [-0.1, -0.05) is 11.6 Å². The molecule has 2 amide bonds. The lowest BCUT2D eigenvalue weighted by Crippen LogP contribution is -2.31. The largest absolute Gasteiger partial charge is 0.435 e. The van der Waals surface area contributed by atoms with Gasteiger partial charge in [0.2, 0.25) is 5.91 Å². The summed E-state index contributed by atoms with van der Waals surface area (Å²) < 4.78 is 40.0. The zero-order valence-electron chi connectivity index (χ0n) is 15.3. The molecule has 0 saturated carbocycles. The van der Waals surface area contributed by atoms with Crippen LogP contribution in [-0.2, 0) is 17.4 Å². The molecule has 0 atom stereocenters. The number of nitrogens with one attached hydrogen (secondary N) is 2. The summed E-state index contributed by atoms with van der Waals surface area (Å²) in [6.07, 6.45) is -4.99. The van der Waals surface area contributed by atoms with Crippen molar-refractivity contribution in [3.05, 3.63) is 45.7 Å². The van der Waals surface area contributed by atoms with Gasteiger partial charge in [-0.3, -0.25) is 19.7 Å². The Labute approximate surface area is 164 Å². The van der Waals surface area contributed by atoms with E-state index in [9.17, 15) is 22.8 Å². The Morgan fingerprint density at radius 3 is 2.46 bits per heavy atom. The first-order valence-electron chi connectivity index (χ1n) is 8.20. The van der Waals surface area contributed by atoms with Gasteiger partial charge in [-0.25, -0.2) is 5.84 Å². The number of rotatable bonds is 5. The van der Waals surface area contributed by atoms with Crippen molar-refractivity contribution < 1.29 is 22.8 Å². The molecule has 0 aliphatic rings. The summed E-state index contributed by atoms with van der Waals surface area (Å²) in [5, 5.41) is 6.36. The van der Waals surface area contributed by atoms with Crippen LogP contribution in [0.15, 0.2) is 18.2 Å². The van der Waals surface area contributed by atoms with Gasteiger partial charge >= 0.3 is 6.18 Å². The van der Waals surface area contributed by atoms with E-state index < -0.39 is 23.7 Å². The van der Waals surface area contributed by atoms with Crippen molar-refractivity contribution in [2.24, 2.45) is 5.84 Å². The summed E-state index contributed by atoms with van der Waals surface area (Å²) in [4.78, 5) is 24.4. The summed E-state index contributed by atoms with van der Waals surface area (Å²) in [5.74, 6) is 3.86. The molecule has 1 heterocycles. The number of hydrazine groups is 1. The lowest BCUT2D eigenvalue weighted by Gasteiger charge is -2.15. The molecule has 1 aromatic carbocycles. The predicted octanol–water partition coefficient (Wildman–Crippen LogP) is 3.23. The number of anilines is 1. The summed E-state index contributed by atoms with van der Waals surface area (Å²) in [6.45, 7) is 4.93. The Bertz CT molecular complexity index is 909. The number of hydrogen-bond acceptors (Lipinski definition) is 4. The Morgan fingerprint density at radius 2 is 1.93 bits per heavy atom. The van der Waals surface area contributed by atoms with Crippen molar-refractivity contribution in [3.8, 4) is 0 Å². The molecule has 0 fully saturated rings. The van der Waals surface area contributed by atoms with Crippen molar-refractivity contribution in [1.29, 1.82) is 0 Å². The number of hydrogen-bond donors (Lipinski definition) is 3. The van der Waals surface area contributed by atoms with E-state index in [0.29, 0.717) is 5.56 Å². The molecule has 2 aromatic rings. The summed E-state index contributed by atoms with van der Waals surface area (Å²) in [5.41, 5.74) is 1.67. The minimum absolute atomic E-state index is 0.0363. The maximum absolute atomic E-state index is 13.0. The number of carbonyl (C=O) groups excluding carboxylic acids is 2.